The summed E-state index contributed by atoms with van der Waals surface area (Å²) in [6.07, 6.45) is 0. The zero-order valence-corrected chi connectivity index (χ0v) is 10.8. The Hall–Kier alpha value is -0.940. The number of amides is 1. The fourth-order valence-electron chi connectivity index (χ4n) is 1.11. The van der Waals surface area contributed by atoms with Gasteiger partial charge >= 0.3 is 0 Å². The highest BCUT2D eigenvalue weighted by atomic mass is 79.9. The van der Waals surface area contributed by atoms with Crippen LogP contribution in [0.5, 0.6) is 0 Å². The molecule has 0 aliphatic rings. The number of nitrogens with one attached hydrogen (secondary N) is 2. The molecule has 0 heterocycles. The van der Waals surface area contributed by atoms with Crippen molar-refractivity contribution in [2.75, 3.05) is 13.6 Å². The van der Waals surface area contributed by atoms with Gasteiger partial charge < -0.3 is 10.6 Å². The topological polar surface area (TPSA) is 41.1 Å². The standard InChI is InChI=1S/C11H14BrFN2O/c1-7(14-2)6-15-11(16)9-5-8(13)3-4-10(9)12/h3-5,7,14H,6H2,1-2H3,(H,15,16). The van der Waals surface area contributed by atoms with Crippen molar-refractivity contribution >= 4 is 21.8 Å². The molecule has 88 valence electrons. The van der Waals surface area contributed by atoms with Gasteiger partial charge in [0, 0.05) is 17.1 Å². The minimum atomic E-state index is -0.421. The van der Waals surface area contributed by atoms with E-state index in [-0.39, 0.29) is 11.9 Å². The first-order chi connectivity index (χ1) is 7.54. The second-order valence-electron chi connectivity index (χ2n) is 3.52. The van der Waals surface area contributed by atoms with Crippen molar-refractivity contribution in [1.82, 2.24) is 10.6 Å². The molecule has 0 aliphatic carbocycles. The van der Waals surface area contributed by atoms with Gasteiger partial charge in [0.05, 0.1) is 5.56 Å². The fraction of sp³-hybridized carbons (Fsp3) is 0.364. The Morgan fingerprint density at radius 2 is 2.25 bits per heavy atom. The summed E-state index contributed by atoms with van der Waals surface area (Å²) in [6.45, 7) is 2.44. The molecule has 3 nitrogen and oxygen atoms in total. The zero-order valence-electron chi connectivity index (χ0n) is 9.18. The second kappa shape index (κ2) is 5.96. The van der Waals surface area contributed by atoms with Gasteiger partial charge in [-0.15, -0.1) is 0 Å². The van der Waals surface area contributed by atoms with Crippen LogP contribution in [0.2, 0.25) is 0 Å². The molecule has 1 unspecified atom stereocenters. The molecule has 16 heavy (non-hydrogen) atoms. The third-order valence-electron chi connectivity index (χ3n) is 2.23. The quantitative estimate of drug-likeness (QED) is 0.889. The van der Waals surface area contributed by atoms with Gasteiger partial charge in [0.25, 0.3) is 5.91 Å². The highest BCUT2D eigenvalue weighted by Crippen LogP contribution is 2.17. The monoisotopic (exact) mass is 288 g/mol. The third kappa shape index (κ3) is 3.57. The predicted octanol–water partition coefficient (Wildman–Crippen LogP) is 1.93. The Morgan fingerprint density at radius 3 is 2.88 bits per heavy atom. The Kier molecular flexibility index (Phi) is 4.89. The highest BCUT2D eigenvalue weighted by Gasteiger charge is 2.11. The summed E-state index contributed by atoms with van der Waals surface area (Å²) >= 11 is 3.21. The minimum absolute atomic E-state index is 0.177. The van der Waals surface area contributed by atoms with Gasteiger partial charge in [-0.2, -0.15) is 0 Å². The van der Waals surface area contributed by atoms with Crippen molar-refractivity contribution in [2.45, 2.75) is 13.0 Å². The van der Waals surface area contributed by atoms with Crippen LogP contribution in [0.3, 0.4) is 0 Å². The first-order valence-corrected chi connectivity index (χ1v) is 5.74. The maximum Gasteiger partial charge on any atom is 0.252 e. The molecule has 1 aromatic carbocycles. The molecule has 1 rings (SSSR count). The van der Waals surface area contributed by atoms with Gasteiger partial charge in [0.15, 0.2) is 0 Å². The van der Waals surface area contributed by atoms with Crippen molar-refractivity contribution in [1.29, 1.82) is 0 Å². The molecule has 0 radical (unpaired) electrons. The SMILES string of the molecule is CNC(C)CNC(=O)c1cc(F)ccc1Br. The lowest BCUT2D eigenvalue weighted by Gasteiger charge is -2.12. The Labute approximate surface area is 103 Å². The van der Waals surface area contributed by atoms with Gasteiger partial charge in [-0.3, -0.25) is 4.79 Å². The van der Waals surface area contributed by atoms with Crippen LogP contribution in [-0.4, -0.2) is 25.5 Å². The van der Waals surface area contributed by atoms with Crippen LogP contribution in [-0.2, 0) is 0 Å². The van der Waals surface area contributed by atoms with Crippen LogP contribution in [0.1, 0.15) is 17.3 Å². The van der Waals surface area contributed by atoms with Gasteiger partial charge in [0.1, 0.15) is 5.82 Å². The van der Waals surface area contributed by atoms with Crippen molar-refractivity contribution < 1.29 is 9.18 Å². The zero-order chi connectivity index (χ0) is 12.1. The van der Waals surface area contributed by atoms with Crippen molar-refractivity contribution in [3.8, 4) is 0 Å². The molecule has 0 saturated carbocycles. The van der Waals surface area contributed by atoms with E-state index in [2.05, 4.69) is 26.6 Å². The van der Waals surface area contributed by atoms with E-state index in [0.29, 0.717) is 16.6 Å². The van der Waals surface area contributed by atoms with Crippen LogP contribution in [0.15, 0.2) is 22.7 Å². The average Bonchev–Trinajstić information content (AvgIpc) is 2.28. The lowest BCUT2D eigenvalue weighted by Crippen LogP contribution is -2.37. The number of hydrogen-bond donors (Lipinski definition) is 2. The van der Waals surface area contributed by atoms with E-state index in [4.69, 9.17) is 0 Å². The Bertz CT molecular complexity index is 384. The molecule has 0 aromatic heterocycles. The van der Waals surface area contributed by atoms with Crippen molar-refractivity contribution in [3.63, 3.8) is 0 Å². The van der Waals surface area contributed by atoms with E-state index < -0.39 is 5.82 Å². The molecule has 1 aromatic rings. The summed E-state index contributed by atoms with van der Waals surface area (Å²) in [5.74, 6) is -0.705. The van der Waals surface area contributed by atoms with Crippen molar-refractivity contribution in [2.24, 2.45) is 0 Å². The van der Waals surface area contributed by atoms with E-state index in [1.807, 2.05) is 14.0 Å². The summed E-state index contributed by atoms with van der Waals surface area (Å²) in [5.41, 5.74) is 0.309. The second-order valence-corrected chi connectivity index (χ2v) is 4.38. The van der Waals surface area contributed by atoms with Crippen LogP contribution in [0.25, 0.3) is 0 Å². The summed E-state index contributed by atoms with van der Waals surface area (Å²) in [4.78, 5) is 11.7. The van der Waals surface area contributed by atoms with Crippen LogP contribution < -0.4 is 10.6 Å². The summed E-state index contributed by atoms with van der Waals surface area (Å²) in [7, 11) is 1.81. The molecule has 0 bridgehead atoms. The lowest BCUT2D eigenvalue weighted by molar-refractivity contribution is 0.0949. The maximum absolute atomic E-state index is 13.0. The molecular weight excluding hydrogens is 275 g/mol. The molecule has 0 spiro atoms. The molecule has 0 saturated heterocycles. The van der Waals surface area contributed by atoms with Gasteiger partial charge in [-0.05, 0) is 48.1 Å². The Morgan fingerprint density at radius 1 is 1.56 bits per heavy atom. The normalized spacial score (nSPS) is 12.2. The smallest absolute Gasteiger partial charge is 0.252 e. The van der Waals surface area contributed by atoms with E-state index >= 15 is 0 Å². The number of hydrogen-bond acceptors (Lipinski definition) is 2. The number of likely N-dealkylation sites (N-methyl/N-ethyl adjacent to an activating group) is 1. The van der Waals surface area contributed by atoms with E-state index in [1.54, 1.807) is 0 Å². The lowest BCUT2D eigenvalue weighted by atomic mass is 10.2. The van der Waals surface area contributed by atoms with E-state index in [1.165, 1.54) is 18.2 Å². The minimum Gasteiger partial charge on any atom is -0.350 e. The van der Waals surface area contributed by atoms with Crippen molar-refractivity contribution in [3.05, 3.63) is 34.1 Å². The number of rotatable bonds is 4. The number of carbonyl (C=O) groups is 1. The predicted molar refractivity (Wildman–Crippen MR) is 65.0 cm³/mol. The summed E-state index contributed by atoms with van der Waals surface area (Å²) < 4.78 is 13.5. The van der Waals surface area contributed by atoms with Gasteiger partial charge in [0.2, 0.25) is 0 Å². The Balaban J connectivity index is 2.69. The van der Waals surface area contributed by atoms with Crippen LogP contribution in [0, 0.1) is 5.82 Å². The van der Waals surface area contributed by atoms with Crippen LogP contribution in [0.4, 0.5) is 4.39 Å². The van der Waals surface area contributed by atoms with E-state index in [0.717, 1.165) is 0 Å². The number of carbonyl (C=O) groups excluding carboxylic acids is 1. The fourth-order valence-corrected chi connectivity index (χ4v) is 1.54. The van der Waals surface area contributed by atoms with Gasteiger partial charge in [-0.1, -0.05) is 0 Å². The number of benzene rings is 1. The average molecular weight is 289 g/mol. The largest absolute Gasteiger partial charge is 0.350 e. The molecule has 0 aliphatic heterocycles. The molecule has 1 atom stereocenters. The maximum atomic E-state index is 13.0. The third-order valence-corrected chi connectivity index (χ3v) is 2.93. The first-order valence-electron chi connectivity index (χ1n) is 4.95. The molecule has 0 fully saturated rings. The summed E-state index contributed by atoms with van der Waals surface area (Å²) in [6, 6.07) is 4.21. The van der Waals surface area contributed by atoms with E-state index in [9.17, 15) is 9.18 Å². The first kappa shape index (κ1) is 13.1. The molecular formula is C11H14BrFN2O. The van der Waals surface area contributed by atoms with Gasteiger partial charge in [-0.25, -0.2) is 4.39 Å². The molecule has 2 N–H and O–H groups in total. The van der Waals surface area contributed by atoms with Crippen LogP contribution >= 0.6 is 15.9 Å². The number of halogens is 2. The molecule has 1 amide bonds. The highest BCUT2D eigenvalue weighted by molar-refractivity contribution is 9.10. The molecule has 5 heteroatoms. The summed E-state index contributed by atoms with van der Waals surface area (Å²) in [5, 5.41) is 5.72.